The third-order valence-corrected chi connectivity index (χ3v) is 2.29. The first-order valence-electron chi connectivity index (χ1n) is 4.93. The Hall–Kier alpha value is -2.51. The Balaban J connectivity index is 2.22. The minimum Gasteiger partial charge on any atom is -0.378 e. The van der Waals surface area contributed by atoms with Gasteiger partial charge >= 0.3 is 5.69 Å². The number of anilines is 1. The normalized spacial score (nSPS) is 10.3. The Labute approximate surface area is 99.8 Å². The van der Waals surface area contributed by atoms with Crippen molar-refractivity contribution in [3.05, 3.63) is 51.8 Å². The molecule has 0 radical (unpaired) electrons. The average molecular weight is 254 g/mol. The van der Waals surface area contributed by atoms with Gasteiger partial charge in [-0.05, 0) is 0 Å². The standard InChI is InChI=1S/C10H8F2N4O2/c11-8-2-9(12)10(16(17)18)1-6(8)3-13-7-4-14-15-5-7/h1-2,4-5,13H,3H2,(H,14,15). The molecule has 0 aliphatic carbocycles. The van der Waals surface area contributed by atoms with Crippen LogP contribution in [0, 0.1) is 21.7 Å². The van der Waals surface area contributed by atoms with Crippen LogP contribution < -0.4 is 5.32 Å². The highest BCUT2D eigenvalue weighted by Crippen LogP contribution is 2.22. The molecular formula is C10H8F2N4O2. The Kier molecular flexibility index (Phi) is 3.18. The average Bonchev–Trinajstić information content (AvgIpc) is 2.80. The van der Waals surface area contributed by atoms with Crippen LogP contribution in [0.25, 0.3) is 0 Å². The third-order valence-electron chi connectivity index (χ3n) is 2.29. The second-order valence-corrected chi connectivity index (χ2v) is 3.49. The van der Waals surface area contributed by atoms with E-state index in [4.69, 9.17) is 0 Å². The van der Waals surface area contributed by atoms with Gasteiger partial charge in [-0.15, -0.1) is 0 Å². The molecule has 8 heteroatoms. The largest absolute Gasteiger partial charge is 0.378 e. The summed E-state index contributed by atoms with van der Waals surface area (Å²) in [5, 5.41) is 19.5. The molecule has 0 aliphatic rings. The van der Waals surface area contributed by atoms with Crippen molar-refractivity contribution in [2.24, 2.45) is 0 Å². The number of benzene rings is 1. The molecule has 0 aliphatic heterocycles. The van der Waals surface area contributed by atoms with Crippen molar-refractivity contribution in [1.29, 1.82) is 0 Å². The third kappa shape index (κ3) is 2.42. The van der Waals surface area contributed by atoms with Crippen molar-refractivity contribution in [2.45, 2.75) is 6.54 Å². The number of nitro groups is 1. The van der Waals surface area contributed by atoms with E-state index in [1.165, 1.54) is 12.4 Å². The molecule has 1 aromatic carbocycles. The quantitative estimate of drug-likeness (QED) is 0.647. The zero-order chi connectivity index (χ0) is 13.1. The molecule has 0 spiro atoms. The number of nitro benzene ring substituents is 1. The SMILES string of the molecule is O=[N+]([O-])c1cc(CNc2cn[nH]c2)c(F)cc1F. The number of H-pyrrole nitrogens is 1. The van der Waals surface area contributed by atoms with Crippen LogP contribution in [-0.4, -0.2) is 15.1 Å². The van der Waals surface area contributed by atoms with Gasteiger partial charge in [-0.2, -0.15) is 9.49 Å². The fraction of sp³-hybridized carbons (Fsp3) is 0.100. The van der Waals surface area contributed by atoms with Crippen molar-refractivity contribution < 1.29 is 13.7 Å². The highest BCUT2D eigenvalue weighted by Gasteiger charge is 2.18. The zero-order valence-electron chi connectivity index (χ0n) is 8.98. The summed E-state index contributed by atoms with van der Waals surface area (Å²) in [5.41, 5.74) is -0.147. The van der Waals surface area contributed by atoms with Crippen molar-refractivity contribution in [2.75, 3.05) is 5.32 Å². The lowest BCUT2D eigenvalue weighted by molar-refractivity contribution is -0.387. The van der Waals surface area contributed by atoms with E-state index in [9.17, 15) is 18.9 Å². The molecule has 1 heterocycles. The highest BCUT2D eigenvalue weighted by molar-refractivity contribution is 5.42. The fourth-order valence-corrected chi connectivity index (χ4v) is 1.40. The van der Waals surface area contributed by atoms with Gasteiger partial charge in [-0.1, -0.05) is 0 Å². The summed E-state index contributed by atoms with van der Waals surface area (Å²) in [4.78, 5) is 9.63. The van der Waals surface area contributed by atoms with Crippen LogP contribution in [0.2, 0.25) is 0 Å². The number of aromatic amines is 1. The monoisotopic (exact) mass is 254 g/mol. The van der Waals surface area contributed by atoms with Gasteiger partial charge in [0.25, 0.3) is 0 Å². The van der Waals surface area contributed by atoms with Gasteiger partial charge in [0, 0.05) is 30.4 Å². The molecule has 18 heavy (non-hydrogen) atoms. The van der Waals surface area contributed by atoms with Crippen molar-refractivity contribution in [1.82, 2.24) is 10.2 Å². The minimum absolute atomic E-state index is 0.00398. The highest BCUT2D eigenvalue weighted by atomic mass is 19.1. The number of nitrogens with one attached hydrogen (secondary N) is 2. The first kappa shape index (κ1) is 12.0. The molecule has 2 rings (SSSR count). The van der Waals surface area contributed by atoms with E-state index in [-0.39, 0.29) is 12.1 Å². The van der Waals surface area contributed by atoms with E-state index in [0.717, 1.165) is 6.07 Å². The summed E-state index contributed by atoms with van der Waals surface area (Å²) in [6, 6.07) is 1.38. The predicted octanol–water partition coefficient (Wildman–Crippen LogP) is 2.21. The Morgan fingerprint density at radius 3 is 2.78 bits per heavy atom. The van der Waals surface area contributed by atoms with Crippen LogP contribution in [0.4, 0.5) is 20.2 Å². The maximum Gasteiger partial charge on any atom is 0.305 e. The Morgan fingerprint density at radius 1 is 1.39 bits per heavy atom. The Bertz CT molecular complexity index is 572. The van der Waals surface area contributed by atoms with E-state index in [1.807, 2.05) is 0 Å². The molecule has 2 aromatic rings. The molecule has 6 nitrogen and oxygen atoms in total. The maximum atomic E-state index is 13.4. The van der Waals surface area contributed by atoms with E-state index >= 15 is 0 Å². The van der Waals surface area contributed by atoms with Gasteiger partial charge < -0.3 is 5.32 Å². The van der Waals surface area contributed by atoms with Crippen LogP contribution in [0.15, 0.2) is 24.5 Å². The smallest absolute Gasteiger partial charge is 0.305 e. The molecule has 0 saturated heterocycles. The molecule has 0 saturated carbocycles. The van der Waals surface area contributed by atoms with Gasteiger partial charge in [0.05, 0.1) is 16.8 Å². The van der Waals surface area contributed by atoms with Gasteiger partial charge in [-0.3, -0.25) is 15.2 Å². The van der Waals surface area contributed by atoms with Crippen molar-refractivity contribution in [3.8, 4) is 0 Å². The molecule has 0 atom stereocenters. The van der Waals surface area contributed by atoms with Gasteiger partial charge in [0.15, 0.2) is 0 Å². The van der Waals surface area contributed by atoms with Crippen LogP contribution in [0.5, 0.6) is 0 Å². The Morgan fingerprint density at radius 2 is 2.17 bits per heavy atom. The van der Waals surface area contributed by atoms with Gasteiger partial charge in [0.1, 0.15) is 5.82 Å². The first-order valence-corrected chi connectivity index (χ1v) is 4.93. The predicted molar refractivity (Wildman–Crippen MR) is 58.9 cm³/mol. The van der Waals surface area contributed by atoms with Crippen molar-refractivity contribution >= 4 is 11.4 Å². The van der Waals surface area contributed by atoms with Crippen LogP contribution in [0.3, 0.4) is 0 Å². The topological polar surface area (TPSA) is 83.8 Å². The zero-order valence-corrected chi connectivity index (χ0v) is 8.98. The lowest BCUT2D eigenvalue weighted by Crippen LogP contribution is -2.04. The molecule has 0 fully saturated rings. The minimum atomic E-state index is -1.19. The molecule has 2 N–H and O–H groups in total. The summed E-state index contributed by atoms with van der Waals surface area (Å²) in [6.45, 7) is -0.00745. The molecule has 1 aromatic heterocycles. The molecule has 94 valence electrons. The second kappa shape index (κ2) is 4.78. The lowest BCUT2D eigenvalue weighted by atomic mass is 10.1. The summed E-state index contributed by atoms with van der Waals surface area (Å²) in [5.74, 6) is -2.03. The van der Waals surface area contributed by atoms with Crippen LogP contribution >= 0.6 is 0 Å². The number of hydrogen-bond acceptors (Lipinski definition) is 4. The maximum absolute atomic E-state index is 13.4. The van der Waals surface area contributed by atoms with E-state index in [0.29, 0.717) is 11.8 Å². The number of hydrogen-bond donors (Lipinski definition) is 2. The summed E-state index contributed by atoms with van der Waals surface area (Å²) < 4.78 is 26.5. The van der Waals surface area contributed by atoms with Crippen LogP contribution in [-0.2, 0) is 6.54 Å². The number of rotatable bonds is 4. The van der Waals surface area contributed by atoms with E-state index < -0.39 is 22.2 Å². The molecule has 0 amide bonds. The van der Waals surface area contributed by atoms with Crippen LogP contribution in [0.1, 0.15) is 5.56 Å². The lowest BCUT2D eigenvalue weighted by Gasteiger charge is -2.05. The van der Waals surface area contributed by atoms with E-state index in [2.05, 4.69) is 15.5 Å². The number of nitrogens with zero attached hydrogens (tertiary/aromatic N) is 2. The van der Waals surface area contributed by atoms with Gasteiger partial charge in [0.2, 0.25) is 5.82 Å². The summed E-state index contributed by atoms with van der Waals surface area (Å²) >= 11 is 0. The molecular weight excluding hydrogens is 246 g/mol. The summed E-state index contributed by atoms with van der Waals surface area (Å²) in [6.07, 6.45) is 3.01. The van der Waals surface area contributed by atoms with Crippen molar-refractivity contribution in [3.63, 3.8) is 0 Å². The van der Waals surface area contributed by atoms with Gasteiger partial charge in [-0.25, -0.2) is 4.39 Å². The molecule has 0 bridgehead atoms. The number of aromatic nitrogens is 2. The number of halogens is 2. The molecule has 0 unspecified atom stereocenters. The summed E-state index contributed by atoms with van der Waals surface area (Å²) in [7, 11) is 0. The van der Waals surface area contributed by atoms with E-state index in [1.54, 1.807) is 0 Å². The first-order chi connectivity index (χ1) is 8.58. The second-order valence-electron chi connectivity index (χ2n) is 3.49. The fourth-order valence-electron chi connectivity index (χ4n) is 1.40.